The van der Waals surface area contributed by atoms with Gasteiger partial charge in [-0.1, -0.05) is 41.3 Å². The van der Waals surface area contributed by atoms with Crippen LogP contribution in [-0.4, -0.2) is 69.7 Å². The van der Waals surface area contributed by atoms with Crippen molar-refractivity contribution in [2.24, 2.45) is 0 Å². The van der Waals surface area contributed by atoms with Crippen LogP contribution in [0.2, 0.25) is 10.0 Å². The summed E-state index contributed by atoms with van der Waals surface area (Å²) in [4.78, 5) is 16.0. The minimum atomic E-state index is -0.223. The van der Waals surface area contributed by atoms with Crippen LogP contribution >= 0.6 is 23.2 Å². The van der Waals surface area contributed by atoms with Crippen LogP contribution in [0.1, 0.15) is 31.7 Å². The Balaban J connectivity index is 1.19. The number of benzene rings is 1. The third kappa shape index (κ3) is 5.45. The summed E-state index contributed by atoms with van der Waals surface area (Å²) in [5.41, 5.74) is 1.45. The monoisotopic (exact) mass is 518 g/mol. The Morgan fingerprint density at radius 3 is 2.60 bits per heavy atom. The van der Waals surface area contributed by atoms with Crippen molar-refractivity contribution in [2.75, 3.05) is 37.6 Å². The Hall–Kier alpha value is -2.26. The van der Waals surface area contributed by atoms with Crippen LogP contribution in [0.3, 0.4) is 0 Å². The number of pyridine rings is 1. The summed E-state index contributed by atoms with van der Waals surface area (Å²) < 4.78 is 19.0. The third-order valence-corrected chi connectivity index (χ3v) is 7.69. The summed E-state index contributed by atoms with van der Waals surface area (Å²) in [6, 6.07) is 7.78. The van der Waals surface area contributed by atoms with E-state index in [1.54, 1.807) is 18.3 Å². The van der Waals surface area contributed by atoms with Gasteiger partial charge in [-0.3, -0.25) is 9.80 Å². The predicted octanol–water partition coefficient (Wildman–Crippen LogP) is 5.14. The number of likely N-dealkylation sites (tertiary alicyclic amines) is 1. The number of anilines is 1. The fourth-order valence-corrected chi connectivity index (χ4v) is 5.73. The fourth-order valence-electron chi connectivity index (χ4n) is 5.29. The molecule has 35 heavy (non-hydrogen) atoms. The van der Waals surface area contributed by atoms with Crippen molar-refractivity contribution in [3.8, 4) is 11.4 Å². The van der Waals surface area contributed by atoms with Gasteiger partial charge >= 0.3 is 0 Å². The van der Waals surface area contributed by atoms with E-state index < -0.39 is 0 Å². The zero-order chi connectivity index (χ0) is 24.4. The summed E-state index contributed by atoms with van der Waals surface area (Å²) in [6.45, 7) is 7.54. The summed E-state index contributed by atoms with van der Waals surface area (Å²) in [6.07, 6.45) is 6.28. The van der Waals surface area contributed by atoms with Gasteiger partial charge in [-0.2, -0.15) is 4.98 Å². The minimum absolute atomic E-state index is 0.223. The quantitative estimate of drug-likeness (QED) is 0.447. The number of piperazine rings is 1. The van der Waals surface area contributed by atoms with E-state index >= 15 is 0 Å². The molecule has 1 aromatic carbocycles. The number of piperidine rings is 1. The Morgan fingerprint density at radius 2 is 1.91 bits per heavy atom. The van der Waals surface area contributed by atoms with Crippen LogP contribution in [0.5, 0.6) is 0 Å². The lowest BCUT2D eigenvalue weighted by atomic mass is 9.97. The molecule has 0 saturated carbocycles. The SMILES string of the molecule is CC[C@H]1CN(c2ncc(-c3ncon3)cc2Cl)CCN1C1CCN(Cc2ccc(Cl)cc2F)CC1. The maximum absolute atomic E-state index is 14.2. The third-order valence-electron chi connectivity index (χ3n) is 7.18. The van der Waals surface area contributed by atoms with E-state index in [1.807, 2.05) is 6.07 Å². The Kier molecular flexibility index (Phi) is 7.53. The molecule has 0 radical (unpaired) electrons. The molecule has 1 atom stereocenters. The molecule has 7 nitrogen and oxygen atoms in total. The molecule has 186 valence electrons. The highest BCUT2D eigenvalue weighted by atomic mass is 35.5. The average Bonchev–Trinajstić information content (AvgIpc) is 3.41. The summed E-state index contributed by atoms with van der Waals surface area (Å²) in [5, 5.41) is 4.90. The van der Waals surface area contributed by atoms with Crippen molar-refractivity contribution < 1.29 is 8.91 Å². The van der Waals surface area contributed by atoms with Crippen molar-refractivity contribution in [3.05, 3.63) is 58.3 Å². The topological polar surface area (TPSA) is 61.5 Å². The lowest BCUT2D eigenvalue weighted by Crippen LogP contribution is -2.58. The maximum Gasteiger partial charge on any atom is 0.214 e. The fraction of sp³-hybridized carbons (Fsp3) is 0.480. The molecule has 0 bridgehead atoms. The van der Waals surface area contributed by atoms with Gasteiger partial charge in [0.05, 0.1) is 5.02 Å². The summed E-state index contributed by atoms with van der Waals surface area (Å²) in [5.74, 6) is 1.06. The Labute approximate surface area is 214 Å². The van der Waals surface area contributed by atoms with Crippen LogP contribution in [0.4, 0.5) is 10.2 Å². The van der Waals surface area contributed by atoms with Crippen LogP contribution in [0.25, 0.3) is 11.4 Å². The standard InChI is InChI=1S/C25H29Cl2FN6O/c1-2-20-15-33(25-22(27)11-18(13-29-25)24-30-16-35-31-24)9-10-34(20)21-5-7-32(8-6-21)14-17-3-4-19(26)12-23(17)28/h3-4,11-13,16,20-21H,2,5-10,14-15H2,1H3/t20-/m0/s1. The van der Waals surface area contributed by atoms with Crippen molar-refractivity contribution in [3.63, 3.8) is 0 Å². The van der Waals surface area contributed by atoms with E-state index in [0.29, 0.717) is 40.1 Å². The molecule has 10 heteroatoms. The number of nitrogens with zero attached hydrogens (tertiary/aromatic N) is 6. The summed E-state index contributed by atoms with van der Waals surface area (Å²) >= 11 is 12.5. The molecule has 4 heterocycles. The number of hydrogen-bond acceptors (Lipinski definition) is 7. The molecule has 0 N–H and O–H groups in total. The summed E-state index contributed by atoms with van der Waals surface area (Å²) in [7, 11) is 0. The van der Waals surface area contributed by atoms with Crippen LogP contribution in [0.15, 0.2) is 41.4 Å². The molecule has 3 aromatic rings. The molecule has 2 aliphatic rings. The first kappa shape index (κ1) is 24.4. The van der Waals surface area contributed by atoms with Crippen molar-refractivity contribution in [2.45, 2.75) is 44.8 Å². The molecule has 0 spiro atoms. The molecular weight excluding hydrogens is 490 g/mol. The normalized spacial score (nSPS) is 20.5. The number of halogens is 3. The van der Waals surface area contributed by atoms with Gasteiger partial charge in [0.25, 0.3) is 0 Å². The van der Waals surface area contributed by atoms with Gasteiger partial charge in [0.15, 0.2) is 0 Å². The second-order valence-corrected chi connectivity index (χ2v) is 10.1. The van der Waals surface area contributed by atoms with E-state index in [2.05, 4.69) is 36.7 Å². The molecule has 5 rings (SSSR count). The highest BCUT2D eigenvalue weighted by Gasteiger charge is 2.34. The molecule has 0 aliphatic carbocycles. The minimum Gasteiger partial charge on any atom is -0.353 e. The first-order valence-corrected chi connectivity index (χ1v) is 12.9. The smallest absolute Gasteiger partial charge is 0.214 e. The molecule has 0 unspecified atom stereocenters. The van der Waals surface area contributed by atoms with E-state index in [0.717, 1.165) is 63.4 Å². The van der Waals surface area contributed by atoms with E-state index in [-0.39, 0.29) is 5.82 Å². The largest absolute Gasteiger partial charge is 0.353 e. The molecule has 2 aromatic heterocycles. The van der Waals surface area contributed by atoms with Crippen molar-refractivity contribution in [1.82, 2.24) is 24.9 Å². The van der Waals surface area contributed by atoms with Gasteiger partial charge in [-0.05, 0) is 50.6 Å². The van der Waals surface area contributed by atoms with Crippen molar-refractivity contribution in [1.29, 1.82) is 0 Å². The first-order valence-electron chi connectivity index (χ1n) is 12.1. The zero-order valence-corrected chi connectivity index (χ0v) is 21.2. The predicted molar refractivity (Wildman–Crippen MR) is 135 cm³/mol. The molecule has 2 saturated heterocycles. The molecule has 2 fully saturated rings. The second kappa shape index (κ2) is 10.8. The molecule has 0 amide bonds. The second-order valence-electron chi connectivity index (χ2n) is 9.27. The zero-order valence-electron chi connectivity index (χ0n) is 19.7. The van der Waals surface area contributed by atoms with Gasteiger partial charge in [0.2, 0.25) is 12.2 Å². The van der Waals surface area contributed by atoms with Gasteiger partial charge in [-0.25, -0.2) is 9.37 Å². The first-order chi connectivity index (χ1) is 17.0. The Bertz CT molecular complexity index is 1140. The lowest BCUT2D eigenvalue weighted by Gasteiger charge is -2.47. The van der Waals surface area contributed by atoms with Crippen molar-refractivity contribution >= 4 is 29.0 Å². The van der Waals surface area contributed by atoms with Crippen LogP contribution < -0.4 is 4.90 Å². The Morgan fingerprint density at radius 1 is 1.09 bits per heavy atom. The average molecular weight is 519 g/mol. The molecule has 2 aliphatic heterocycles. The number of hydrogen-bond donors (Lipinski definition) is 0. The van der Waals surface area contributed by atoms with E-state index in [4.69, 9.17) is 27.7 Å². The van der Waals surface area contributed by atoms with E-state index in [1.165, 1.54) is 12.5 Å². The van der Waals surface area contributed by atoms with Gasteiger partial charge < -0.3 is 9.42 Å². The highest BCUT2D eigenvalue weighted by molar-refractivity contribution is 6.33. The van der Waals surface area contributed by atoms with Gasteiger partial charge in [-0.15, -0.1) is 0 Å². The number of rotatable bonds is 6. The maximum atomic E-state index is 14.2. The van der Waals surface area contributed by atoms with Gasteiger partial charge in [0.1, 0.15) is 11.6 Å². The molecular formula is C25H29Cl2FN6O. The van der Waals surface area contributed by atoms with Crippen LogP contribution in [-0.2, 0) is 6.54 Å². The lowest BCUT2D eigenvalue weighted by molar-refractivity contribution is 0.0607. The van der Waals surface area contributed by atoms with Crippen LogP contribution in [0, 0.1) is 5.82 Å². The van der Waals surface area contributed by atoms with Gasteiger partial charge in [0, 0.05) is 60.6 Å². The highest BCUT2D eigenvalue weighted by Crippen LogP contribution is 2.31. The number of aromatic nitrogens is 3. The van der Waals surface area contributed by atoms with E-state index in [9.17, 15) is 4.39 Å².